The van der Waals surface area contributed by atoms with Crippen molar-refractivity contribution in [1.82, 2.24) is 5.32 Å². The van der Waals surface area contributed by atoms with Gasteiger partial charge in [0.05, 0.1) is 23.2 Å². The molecule has 5 heteroatoms. The van der Waals surface area contributed by atoms with Crippen LogP contribution in [0.1, 0.15) is 42.5 Å². The average molecular weight is 380 g/mol. The third-order valence-electron chi connectivity index (χ3n) is 4.19. The Morgan fingerprint density at radius 1 is 1.16 bits per heavy atom. The summed E-state index contributed by atoms with van der Waals surface area (Å²) in [6.07, 6.45) is 1.86. The van der Waals surface area contributed by atoms with E-state index in [0.717, 1.165) is 28.9 Å². The number of amides is 1. The van der Waals surface area contributed by atoms with Gasteiger partial charge in [-0.2, -0.15) is 0 Å². The highest BCUT2D eigenvalue weighted by Crippen LogP contribution is 2.25. The van der Waals surface area contributed by atoms with E-state index < -0.39 is 0 Å². The number of nitrogens with one attached hydrogen (secondary N) is 1. The Morgan fingerprint density at radius 3 is 2.52 bits per heavy atom. The summed E-state index contributed by atoms with van der Waals surface area (Å²) in [7, 11) is 1.66. The summed E-state index contributed by atoms with van der Waals surface area (Å²) in [5.74, 6) is 0.871. The number of rotatable bonds is 7. The lowest BCUT2D eigenvalue weighted by atomic mass is 10.0. The maximum absolute atomic E-state index is 12.3. The van der Waals surface area contributed by atoms with E-state index in [4.69, 9.17) is 27.9 Å². The van der Waals surface area contributed by atoms with Crippen molar-refractivity contribution >= 4 is 29.1 Å². The van der Waals surface area contributed by atoms with Crippen molar-refractivity contribution in [3.05, 3.63) is 63.1 Å². The van der Waals surface area contributed by atoms with Crippen molar-refractivity contribution in [1.29, 1.82) is 0 Å². The predicted octanol–water partition coefficient (Wildman–Crippen LogP) is 5.51. The van der Waals surface area contributed by atoms with Crippen LogP contribution in [0.4, 0.5) is 0 Å². The number of hydrogen-bond acceptors (Lipinski definition) is 2. The Morgan fingerprint density at radius 2 is 1.92 bits per heavy atom. The van der Waals surface area contributed by atoms with E-state index >= 15 is 0 Å². The Labute approximate surface area is 159 Å². The highest BCUT2D eigenvalue weighted by atomic mass is 35.5. The van der Waals surface area contributed by atoms with E-state index in [1.165, 1.54) is 0 Å². The molecule has 2 aromatic carbocycles. The van der Waals surface area contributed by atoms with Gasteiger partial charge in [-0.15, -0.1) is 0 Å². The van der Waals surface area contributed by atoms with Crippen LogP contribution in [0.2, 0.25) is 10.0 Å². The fourth-order valence-electron chi connectivity index (χ4n) is 2.76. The third-order valence-corrected chi connectivity index (χ3v) is 4.93. The Bertz CT molecular complexity index is 746. The van der Waals surface area contributed by atoms with Crippen molar-refractivity contribution < 1.29 is 9.53 Å². The highest BCUT2D eigenvalue weighted by Gasteiger charge is 2.14. The molecule has 2 aromatic rings. The van der Waals surface area contributed by atoms with Gasteiger partial charge in [0, 0.05) is 6.42 Å². The lowest BCUT2D eigenvalue weighted by molar-refractivity contribution is -0.121. The lowest BCUT2D eigenvalue weighted by Gasteiger charge is -2.19. The minimum absolute atomic E-state index is 0.00841. The SMILES string of the molecule is CC[C@@H](NC(=O)CCc1ccc(Cl)c(Cl)c1)c1ccc(OC)c(C)c1. The molecule has 134 valence electrons. The molecule has 0 heterocycles. The van der Waals surface area contributed by atoms with Crippen molar-refractivity contribution in [3.63, 3.8) is 0 Å². The molecule has 0 fully saturated rings. The normalized spacial score (nSPS) is 11.9. The smallest absolute Gasteiger partial charge is 0.220 e. The maximum Gasteiger partial charge on any atom is 0.220 e. The van der Waals surface area contributed by atoms with Crippen LogP contribution >= 0.6 is 23.2 Å². The van der Waals surface area contributed by atoms with Crippen LogP contribution in [0, 0.1) is 6.92 Å². The van der Waals surface area contributed by atoms with Crippen LogP contribution in [-0.2, 0) is 11.2 Å². The van der Waals surface area contributed by atoms with Crippen molar-refractivity contribution in [2.45, 2.75) is 39.2 Å². The summed E-state index contributed by atoms with van der Waals surface area (Å²) in [6, 6.07) is 11.4. The Hall–Kier alpha value is -1.71. The van der Waals surface area contributed by atoms with Crippen LogP contribution in [-0.4, -0.2) is 13.0 Å². The quantitative estimate of drug-likeness (QED) is 0.688. The van der Waals surface area contributed by atoms with Crippen LogP contribution in [0.3, 0.4) is 0 Å². The van der Waals surface area contributed by atoms with Gasteiger partial charge < -0.3 is 10.1 Å². The van der Waals surface area contributed by atoms with E-state index in [1.807, 2.05) is 25.1 Å². The van der Waals surface area contributed by atoms with Gasteiger partial charge in [-0.05, 0) is 54.7 Å². The number of benzene rings is 2. The molecule has 1 atom stereocenters. The van der Waals surface area contributed by atoms with Gasteiger partial charge in [-0.25, -0.2) is 0 Å². The zero-order valence-electron chi connectivity index (χ0n) is 14.7. The first kappa shape index (κ1) is 19.6. The molecule has 25 heavy (non-hydrogen) atoms. The molecule has 0 aliphatic rings. The third kappa shape index (κ3) is 5.38. The molecule has 0 bridgehead atoms. The molecule has 0 saturated carbocycles. The second kappa shape index (κ2) is 9.12. The number of aryl methyl sites for hydroxylation is 2. The second-order valence-corrected chi connectivity index (χ2v) is 6.82. The molecule has 0 unspecified atom stereocenters. The topological polar surface area (TPSA) is 38.3 Å². The van der Waals surface area contributed by atoms with E-state index in [0.29, 0.717) is 22.9 Å². The van der Waals surface area contributed by atoms with Crippen LogP contribution in [0.5, 0.6) is 5.75 Å². The summed E-state index contributed by atoms with van der Waals surface area (Å²) in [4.78, 5) is 12.3. The largest absolute Gasteiger partial charge is 0.496 e. The number of carbonyl (C=O) groups excluding carboxylic acids is 1. The molecule has 3 nitrogen and oxygen atoms in total. The van der Waals surface area contributed by atoms with E-state index in [9.17, 15) is 4.79 Å². The first-order valence-corrected chi connectivity index (χ1v) is 9.08. The van der Waals surface area contributed by atoms with Gasteiger partial charge >= 0.3 is 0 Å². The Kier molecular flexibility index (Phi) is 7.15. The molecule has 0 radical (unpaired) electrons. The molecule has 1 amide bonds. The second-order valence-electron chi connectivity index (χ2n) is 6.01. The number of methoxy groups -OCH3 is 1. The molecule has 0 aromatic heterocycles. The monoisotopic (exact) mass is 379 g/mol. The average Bonchev–Trinajstić information content (AvgIpc) is 2.60. The van der Waals surface area contributed by atoms with Crippen LogP contribution < -0.4 is 10.1 Å². The van der Waals surface area contributed by atoms with Gasteiger partial charge in [0.2, 0.25) is 5.91 Å². The number of carbonyl (C=O) groups is 1. The maximum atomic E-state index is 12.3. The standard InChI is InChI=1S/C20H23Cl2NO2/c1-4-18(15-7-9-19(25-3)13(2)11-15)23-20(24)10-6-14-5-8-16(21)17(22)12-14/h5,7-9,11-12,18H,4,6,10H2,1-3H3,(H,23,24)/t18-/m1/s1. The van der Waals surface area contributed by atoms with E-state index in [1.54, 1.807) is 19.2 Å². The fraction of sp³-hybridized carbons (Fsp3) is 0.350. The number of ether oxygens (including phenoxy) is 1. The summed E-state index contributed by atoms with van der Waals surface area (Å²) < 4.78 is 5.29. The van der Waals surface area contributed by atoms with E-state index in [-0.39, 0.29) is 11.9 Å². The summed E-state index contributed by atoms with van der Waals surface area (Å²) in [5.41, 5.74) is 3.14. The first-order chi connectivity index (χ1) is 11.9. The van der Waals surface area contributed by atoms with Gasteiger partial charge in [0.25, 0.3) is 0 Å². The minimum Gasteiger partial charge on any atom is -0.496 e. The van der Waals surface area contributed by atoms with Crippen LogP contribution in [0.15, 0.2) is 36.4 Å². The molecule has 0 aliphatic carbocycles. The zero-order valence-corrected chi connectivity index (χ0v) is 16.2. The molecule has 0 saturated heterocycles. The molecular formula is C20H23Cl2NO2. The van der Waals surface area contributed by atoms with Gasteiger partial charge in [0.15, 0.2) is 0 Å². The van der Waals surface area contributed by atoms with Gasteiger partial charge in [-0.3, -0.25) is 4.79 Å². The van der Waals surface area contributed by atoms with Crippen molar-refractivity contribution in [2.75, 3.05) is 7.11 Å². The minimum atomic E-state index is -0.00841. The molecule has 0 spiro atoms. The van der Waals surface area contributed by atoms with Gasteiger partial charge in [0.1, 0.15) is 5.75 Å². The zero-order chi connectivity index (χ0) is 18.4. The summed E-state index contributed by atoms with van der Waals surface area (Å²) in [5, 5.41) is 4.14. The molecule has 1 N–H and O–H groups in total. The molecule has 2 rings (SSSR count). The number of halogens is 2. The summed E-state index contributed by atoms with van der Waals surface area (Å²) >= 11 is 11.9. The van der Waals surface area contributed by atoms with Crippen LogP contribution in [0.25, 0.3) is 0 Å². The molecular weight excluding hydrogens is 357 g/mol. The van der Waals surface area contributed by atoms with E-state index in [2.05, 4.69) is 18.3 Å². The van der Waals surface area contributed by atoms with Gasteiger partial charge in [-0.1, -0.05) is 48.3 Å². The van der Waals surface area contributed by atoms with Crippen molar-refractivity contribution in [2.24, 2.45) is 0 Å². The molecule has 0 aliphatic heterocycles. The highest BCUT2D eigenvalue weighted by molar-refractivity contribution is 6.42. The summed E-state index contributed by atoms with van der Waals surface area (Å²) in [6.45, 7) is 4.06. The fourth-order valence-corrected chi connectivity index (χ4v) is 3.08. The van der Waals surface area contributed by atoms with Crippen molar-refractivity contribution in [3.8, 4) is 5.75 Å². The first-order valence-electron chi connectivity index (χ1n) is 8.32. The predicted molar refractivity (Wildman–Crippen MR) is 104 cm³/mol. The lowest BCUT2D eigenvalue weighted by Crippen LogP contribution is -2.28. The Balaban J connectivity index is 1.97. The number of hydrogen-bond donors (Lipinski definition) is 1.